The number of aliphatic imine (C=N–C) groups is 1. The lowest BCUT2D eigenvalue weighted by Crippen LogP contribution is -1.58. The fourth-order valence-corrected chi connectivity index (χ4v) is 0.661. The smallest absolute Gasteiger partial charge is 0.0739 e. The SMILES string of the molecule is S=C=Nc1ccccc1.[NH4+]. The molecule has 0 fully saturated rings. The van der Waals surface area contributed by atoms with E-state index in [-0.39, 0.29) is 6.15 Å². The molecule has 0 amide bonds. The maximum absolute atomic E-state index is 4.42. The van der Waals surface area contributed by atoms with Gasteiger partial charge in [0.25, 0.3) is 0 Å². The van der Waals surface area contributed by atoms with Gasteiger partial charge in [0.1, 0.15) is 0 Å². The third-order valence-electron chi connectivity index (χ3n) is 0.931. The minimum absolute atomic E-state index is 0. The molecule has 1 aromatic rings. The standard InChI is InChI=1S/C7H5NS.H3N/c9-6-8-7-4-2-1-3-5-7;/h1-5H;1H3/p+1. The van der Waals surface area contributed by atoms with Crippen molar-refractivity contribution in [2.45, 2.75) is 0 Å². The van der Waals surface area contributed by atoms with Crippen molar-refractivity contribution < 1.29 is 0 Å². The average molecular weight is 153 g/mol. The van der Waals surface area contributed by atoms with Crippen LogP contribution in [0.3, 0.4) is 0 Å². The van der Waals surface area contributed by atoms with Gasteiger partial charge in [-0.1, -0.05) is 18.2 Å². The minimum atomic E-state index is 0. The molecular weight excluding hydrogens is 144 g/mol. The highest BCUT2D eigenvalue weighted by atomic mass is 32.1. The number of benzene rings is 1. The molecule has 0 aliphatic heterocycles. The molecule has 0 saturated heterocycles. The Labute approximate surface area is 65.2 Å². The van der Waals surface area contributed by atoms with Crippen molar-refractivity contribution in [3.8, 4) is 0 Å². The minimum Gasteiger partial charge on any atom is -0.369 e. The number of hydrogen-bond donors (Lipinski definition) is 1. The van der Waals surface area contributed by atoms with E-state index in [1.165, 1.54) is 0 Å². The van der Waals surface area contributed by atoms with Gasteiger partial charge in [-0.2, -0.15) is 4.99 Å². The van der Waals surface area contributed by atoms with Crippen LogP contribution in [0.15, 0.2) is 35.3 Å². The number of hydrogen-bond acceptors (Lipinski definition) is 2. The topological polar surface area (TPSA) is 48.9 Å². The summed E-state index contributed by atoms with van der Waals surface area (Å²) in [5.41, 5.74) is 0.854. The van der Waals surface area contributed by atoms with Crippen LogP contribution in [-0.4, -0.2) is 5.16 Å². The van der Waals surface area contributed by atoms with Crippen molar-refractivity contribution >= 4 is 23.1 Å². The van der Waals surface area contributed by atoms with Gasteiger partial charge in [0.05, 0.1) is 10.8 Å². The number of isothiocyanates is 1. The molecule has 0 radical (unpaired) electrons. The van der Waals surface area contributed by atoms with E-state index in [4.69, 9.17) is 0 Å². The molecule has 1 aromatic carbocycles. The molecule has 0 unspecified atom stereocenters. The van der Waals surface area contributed by atoms with Gasteiger partial charge in [-0.3, -0.25) is 0 Å². The Bertz CT molecular complexity index is 227. The summed E-state index contributed by atoms with van der Waals surface area (Å²) < 4.78 is 0. The van der Waals surface area contributed by atoms with Crippen molar-refractivity contribution in [1.29, 1.82) is 0 Å². The molecule has 1 rings (SSSR count). The normalized spacial score (nSPS) is 7.20. The summed E-state index contributed by atoms with van der Waals surface area (Å²) in [6, 6.07) is 9.50. The van der Waals surface area contributed by atoms with Crippen molar-refractivity contribution in [3.05, 3.63) is 30.3 Å². The van der Waals surface area contributed by atoms with Crippen LogP contribution in [-0.2, 0) is 0 Å². The van der Waals surface area contributed by atoms with Crippen LogP contribution in [0.4, 0.5) is 5.69 Å². The van der Waals surface area contributed by atoms with Crippen molar-refractivity contribution in [2.75, 3.05) is 0 Å². The molecule has 4 N–H and O–H groups in total. The summed E-state index contributed by atoms with van der Waals surface area (Å²) >= 11 is 4.42. The average Bonchev–Trinajstić information content (AvgIpc) is 1.91. The molecule has 0 saturated carbocycles. The highest BCUT2D eigenvalue weighted by molar-refractivity contribution is 7.78. The summed E-state index contributed by atoms with van der Waals surface area (Å²) in [4.78, 5) is 3.77. The van der Waals surface area contributed by atoms with E-state index < -0.39 is 0 Å². The van der Waals surface area contributed by atoms with Crippen LogP contribution in [0, 0.1) is 0 Å². The fourth-order valence-electron chi connectivity index (χ4n) is 0.555. The van der Waals surface area contributed by atoms with E-state index in [0.29, 0.717) is 0 Å². The Hall–Kier alpha value is -1.02. The molecule has 10 heavy (non-hydrogen) atoms. The molecule has 0 atom stereocenters. The zero-order chi connectivity index (χ0) is 6.53. The lowest BCUT2D eigenvalue weighted by molar-refractivity contribution is 1.55. The van der Waals surface area contributed by atoms with Crippen LogP contribution in [0.5, 0.6) is 0 Å². The molecule has 0 aliphatic carbocycles. The highest BCUT2D eigenvalue weighted by Gasteiger charge is 1.79. The number of rotatable bonds is 1. The van der Waals surface area contributed by atoms with Gasteiger partial charge in [-0.05, 0) is 24.4 Å². The first-order valence-corrected chi connectivity index (χ1v) is 2.97. The summed E-state index contributed by atoms with van der Waals surface area (Å²) in [6.45, 7) is 0. The molecule has 3 heteroatoms. The first kappa shape index (κ1) is 8.98. The molecular formula is C7H9N2S+. The van der Waals surface area contributed by atoms with Crippen LogP contribution >= 0.6 is 12.2 Å². The number of thiocarbonyl (C=S) groups is 1. The second-order valence-electron chi connectivity index (χ2n) is 1.54. The first-order chi connectivity index (χ1) is 4.43. The molecule has 52 valence electrons. The van der Waals surface area contributed by atoms with Gasteiger partial charge in [0.2, 0.25) is 0 Å². The summed E-state index contributed by atoms with van der Waals surface area (Å²) in [6.07, 6.45) is 0. The van der Waals surface area contributed by atoms with Crippen LogP contribution in [0.1, 0.15) is 0 Å². The Morgan fingerprint density at radius 1 is 1.20 bits per heavy atom. The third-order valence-corrected chi connectivity index (χ3v) is 1.02. The zero-order valence-electron chi connectivity index (χ0n) is 5.74. The van der Waals surface area contributed by atoms with E-state index in [1.54, 1.807) is 0 Å². The lowest BCUT2D eigenvalue weighted by Gasteiger charge is -1.83. The molecule has 2 nitrogen and oxygen atoms in total. The van der Waals surface area contributed by atoms with E-state index in [1.807, 2.05) is 30.3 Å². The molecule has 0 spiro atoms. The predicted octanol–water partition coefficient (Wildman–Crippen LogP) is 2.80. The second kappa shape index (κ2) is 4.82. The van der Waals surface area contributed by atoms with Crippen molar-refractivity contribution in [1.82, 2.24) is 6.15 Å². The van der Waals surface area contributed by atoms with Crippen LogP contribution in [0.25, 0.3) is 0 Å². The Balaban J connectivity index is 0.000000810. The fraction of sp³-hybridized carbons (Fsp3) is 0. The van der Waals surface area contributed by atoms with Gasteiger partial charge in [-0.15, -0.1) is 0 Å². The first-order valence-electron chi connectivity index (χ1n) is 2.56. The molecule has 0 bridgehead atoms. The number of nitrogens with zero attached hydrogens (tertiary/aromatic N) is 1. The number of para-hydroxylation sites is 1. The van der Waals surface area contributed by atoms with Crippen molar-refractivity contribution in [2.24, 2.45) is 4.99 Å². The van der Waals surface area contributed by atoms with Gasteiger partial charge >= 0.3 is 0 Å². The second-order valence-corrected chi connectivity index (χ2v) is 1.72. The van der Waals surface area contributed by atoms with Crippen molar-refractivity contribution in [3.63, 3.8) is 0 Å². The van der Waals surface area contributed by atoms with E-state index >= 15 is 0 Å². The summed E-state index contributed by atoms with van der Waals surface area (Å²) in [5, 5.41) is 2.29. The number of quaternary nitrogens is 1. The van der Waals surface area contributed by atoms with Gasteiger partial charge in [0, 0.05) is 0 Å². The van der Waals surface area contributed by atoms with E-state index in [2.05, 4.69) is 22.4 Å². The quantitative estimate of drug-likeness (QED) is 0.489. The Kier molecular flexibility index (Phi) is 4.33. The van der Waals surface area contributed by atoms with E-state index in [9.17, 15) is 0 Å². The third kappa shape index (κ3) is 2.51. The lowest BCUT2D eigenvalue weighted by atomic mass is 10.3. The Morgan fingerprint density at radius 2 is 1.80 bits per heavy atom. The monoisotopic (exact) mass is 153 g/mol. The highest BCUT2D eigenvalue weighted by Crippen LogP contribution is 2.07. The van der Waals surface area contributed by atoms with Gasteiger partial charge in [0.15, 0.2) is 0 Å². The van der Waals surface area contributed by atoms with Gasteiger partial charge in [-0.25, -0.2) is 0 Å². The Morgan fingerprint density at radius 3 is 2.30 bits per heavy atom. The molecule has 0 heterocycles. The van der Waals surface area contributed by atoms with Gasteiger partial charge < -0.3 is 6.15 Å². The zero-order valence-corrected chi connectivity index (χ0v) is 6.56. The van der Waals surface area contributed by atoms with Crippen LogP contribution in [0.2, 0.25) is 0 Å². The van der Waals surface area contributed by atoms with Crippen LogP contribution < -0.4 is 6.15 Å². The molecule has 0 aliphatic rings. The molecule has 0 aromatic heterocycles. The summed E-state index contributed by atoms with van der Waals surface area (Å²) in [5.74, 6) is 0. The summed E-state index contributed by atoms with van der Waals surface area (Å²) in [7, 11) is 0. The van der Waals surface area contributed by atoms with E-state index in [0.717, 1.165) is 5.69 Å². The predicted molar refractivity (Wildman–Crippen MR) is 47.1 cm³/mol. The maximum atomic E-state index is 4.42. The maximum Gasteiger partial charge on any atom is 0.0739 e. The largest absolute Gasteiger partial charge is 0.369 e.